The Morgan fingerprint density at radius 3 is 1.58 bits per heavy atom. The number of aromatic nitrogens is 2. The molecular formula is C47H50F2N6O11. The van der Waals surface area contributed by atoms with Crippen LogP contribution < -0.4 is 30.7 Å². The van der Waals surface area contributed by atoms with E-state index in [1.807, 2.05) is 12.1 Å². The fourth-order valence-electron chi connectivity index (χ4n) is 6.52. The van der Waals surface area contributed by atoms with Gasteiger partial charge in [0.05, 0.1) is 44.2 Å². The van der Waals surface area contributed by atoms with Crippen molar-refractivity contribution >= 4 is 35.4 Å². The summed E-state index contributed by atoms with van der Waals surface area (Å²) < 4.78 is 54.9. The highest BCUT2D eigenvalue weighted by Gasteiger charge is 2.34. The maximum absolute atomic E-state index is 14.9. The van der Waals surface area contributed by atoms with Gasteiger partial charge in [-0.25, -0.2) is 18.4 Å². The first-order valence-corrected chi connectivity index (χ1v) is 20.2. The summed E-state index contributed by atoms with van der Waals surface area (Å²) in [6, 6.07) is 26.5. The van der Waals surface area contributed by atoms with E-state index in [-0.39, 0.29) is 57.6 Å². The Morgan fingerprint density at radius 1 is 0.727 bits per heavy atom. The van der Waals surface area contributed by atoms with E-state index in [9.17, 15) is 32.8 Å². The summed E-state index contributed by atoms with van der Waals surface area (Å²) >= 11 is 0. The number of amides is 4. The molecule has 4 aromatic carbocycles. The predicted molar refractivity (Wildman–Crippen MR) is 239 cm³/mol. The number of halogens is 2. The van der Waals surface area contributed by atoms with Crippen LogP contribution in [0.5, 0.6) is 5.88 Å². The van der Waals surface area contributed by atoms with Crippen molar-refractivity contribution in [1.82, 2.24) is 20.9 Å². The van der Waals surface area contributed by atoms with E-state index >= 15 is 0 Å². The third kappa shape index (κ3) is 13.4. The monoisotopic (exact) mass is 912 g/mol. The zero-order valence-corrected chi connectivity index (χ0v) is 35.8. The Morgan fingerprint density at radius 2 is 1.21 bits per heavy atom. The van der Waals surface area contributed by atoms with Crippen LogP contribution in [0.1, 0.15) is 43.9 Å². The molecule has 8 rings (SSSR count). The van der Waals surface area contributed by atoms with Crippen LogP contribution in [0.3, 0.4) is 0 Å². The zero-order chi connectivity index (χ0) is 46.6. The van der Waals surface area contributed by atoms with Gasteiger partial charge in [-0.2, -0.15) is 5.16 Å². The number of anilines is 2. The number of nitrogens with one attached hydrogen (secondary N) is 3. The van der Waals surface area contributed by atoms with Gasteiger partial charge in [0.25, 0.3) is 11.4 Å². The van der Waals surface area contributed by atoms with Gasteiger partial charge in [-0.05, 0) is 77.7 Å². The van der Waals surface area contributed by atoms with Crippen molar-refractivity contribution in [2.45, 2.75) is 60.5 Å². The lowest BCUT2D eigenvalue weighted by atomic mass is 10.0. The molecule has 2 fully saturated rings. The van der Waals surface area contributed by atoms with Gasteiger partial charge in [-0.15, -0.1) is 0 Å². The highest BCUT2D eigenvalue weighted by atomic mass is 19.1. The van der Waals surface area contributed by atoms with Crippen molar-refractivity contribution in [3.63, 3.8) is 0 Å². The standard InChI is InChI=1S/C23H22FN3O5.C19H19FN2O4.C4H5NO2.CH4/c1-14-9-22(26-32-14)30-13-16-3-5-17(6-4-16)20-8-7-18(10-21(20)24)27-12-19(31-23(27)29)11-25-15(2)28;1-12(24)21-9-16-10-22(19(25)26-16)15-6-7-17(18(20)8-15)14-4-2-13(11-23)3-5-14;1-3-2-4(6)5-7-3;/h3-10,19H,11-13H2,1-2H3,(H,25,28);2-8,16,23H,9-11H2,1H3,(H,21,24);2H,1H3,(H,5,6);1H4/t19-;16-;;/m00../s1. The molecule has 0 aliphatic carbocycles. The van der Waals surface area contributed by atoms with E-state index in [4.69, 9.17) is 23.8 Å². The molecule has 17 nitrogen and oxygen atoms in total. The lowest BCUT2D eigenvalue weighted by Gasteiger charge is -2.14. The highest BCUT2D eigenvalue weighted by molar-refractivity contribution is 5.91. The Bertz CT molecular complexity index is 2670. The van der Waals surface area contributed by atoms with E-state index in [2.05, 4.69) is 25.5 Å². The lowest BCUT2D eigenvalue weighted by molar-refractivity contribution is -0.120. The van der Waals surface area contributed by atoms with E-state index in [1.54, 1.807) is 80.6 Å². The van der Waals surface area contributed by atoms with Gasteiger partial charge in [-0.1, -0.05) is 56.0 Å². The first-order valence-electron chi connectivity index (χ1n) is 20.2. The van der Waals surface area contributed by atoms with Gasteiger partial charge in [0, 0.05) is 37.1 Å². The zero-order valence-electron chi connectivity index (χ0n) is 35.8. The minimum absolute atomic E-state index is 0. The van der Waals surface area contributed by atoms with Crippen LogP contribution >= 0.6 is 0 Å². The molecule has 0 unspecified atom stereocenters. The van der Waals surface area contributed by atoms with Crippen LogP contribution in [0.2, 0.25) is 0 Å². The highest BCUT2D eigenvalue weighted by Crippen LogP contribution is 2.31. The van der Waals surface area contributed by atoms with Gasteiger partial charge in [-0.3, -0.25) is 24.2 Å². The van der Waals surface area contributed by atoms with Gasteiger partial charge in [0.1, 0.15) is 42.0 Å². The number of ether oxygens (including phenoxy) is 3. The number of H-pyrrole nitrogens is 1. The second-order valence-corrected chi connectivity index (χ2v) is 14.9. The van der Waals surface area contributed by atoms with Crippen LogP contribution in [0, 0.1) is 25.5 Å². The van der Waals surface area contributed by atoms with Gasteiger partial charge in [0.2, 0.25) is 11.8 Å². The molecule has 66 heavy (non-hydrogen) atoms. The number of nitrogens with zero attached hydrogens (tertiary/aromatic N) is 3. The fourth-order valence-corrected chi connectivity index (χ4v) is 6.52. The van der Waals surface area contributed by atoms with E-state index in [1.165, 1.54) is 41.8 Å². The fraction of sp³-hybridized carbons (Fsp3) is 0.277. The Hall–Kier alpha value is -7.80. The topological polar surface area (TPSA) is 219 Å². The molecule has 4 heterocycles. The first kappa shape index (κ1) is 49.2. The summed E-state index contributed by atoms with van der Waals surface area (Å²) in [4.78, 5) is 59.0. The molecule has 0 bridgehead atoms. The number of rotatable bonds is 12. The third-order valence-electron chi connectivity index (χ3n) is 9.79. The molecule has 4 amide bonds. The molecule has 348 valence electrons. The summed E-state index contributed by atoms with van der Waals surface area (Å²) in [5.41, 5.74) is 4.45. The number of aromatic amines is 1. The molecule has 0 saturated carbocycles. The SMILES string of the molecule is C.CC(=O)NC[C@H]1CN(c2ccc(-c3ccc(CO)cc3)c(F)c2)C(=O)O1.CC(=O)NC[C@H]1CN(c2ccc(-c3ccc(COc4cc(C)on4)cc3)c(F)c2)C(=O)O1.Cc1cc(=O)[nH]o1. The van der Waals surface area contributed by atoms with Crippen molar-refractivity contribution < 1.29 is 56.3 Å². The number of benzene rings is 4. The maximum Gasteiger partial charge on any atom is 0.414 e. The molecule has 0 spiro atoms. The molecule has 2 aliphatic heterocycles. The third-order valence-corrected chi connectivity index (χ3v) is 9.79. The number of carbonyl (C=O) groups excluding carboxylic acids is 4. The molecule has 2 aromatic heterocycles. The molecule has 19 heteroatoms. The minimum atomic E-state index is -0.570. The predicted octanol–water partition coefficient (Wildman–Crippen LogP) is 7.19. The van der Waals surface area contributed by atoms with Crippen molar-refractivity contribution in [3.8, 4) is 28.1 Å². The number of hydrogen-bond donors (Lipinski definition) is 4. The number of carbonyl (C=O) groups is 4. The number of hydrogen-bond acceptors (Lipinski definition) is 12. The molecule has 2 atom stereocenters. The maximum atomic E-state index is 14.9. The average molecular weight is 913 g/mol. The Balaban J connectivity index is 0.000000216. The van der Waals surface area contributed by atoms with Crippen LogP contribution in [0.15, 0.2) is 111 Å². The quantitative estimate of drug-likeness (QED) is 0.0959. The van der Waals surface area contributed by atoms with E-state index < -0.39 is 36.0 Å². The number of aliphatic hydroxyl groups excluding tert-OH is 1. The van der Waals surface area contributed by atoms with Crippen LogP contribution in [-0.4, -0.2) is 77.8 Å². The average Bonchev–Trinajstić information content (AvgIpc) is 4.08. The van der Waals surface area contributed by atoms with Gasteiger partial charge in [0.15, 0.2) is 0 Å². The summed E-state index contributed by atoms with van der Waals surface area (Å²) in [5, 5.41) is 20.2. The van der Waals surface area contributed by atoms with Crippen molar-refractivity contribution in [1.29, 1.82) is 0 Å². The summed E-state index contributed by atoms with van der Waals surface area (Å²) in [7, 11) is 0. The van der Waals surface area contributed by atoms with Crippen molar-refractivity contribution in [3.05, 3.63) is 142 Å². The second-order valence-electron chi connectivity index (χ2n) is 14.9. The molecule has 6 aromatic rings. The first-order chi connectivity index (χ1) is 31.1. The minimum Gasteiger partial charge on any atom is -0.471 e. The normalized spacial score (nSPS) is 15.0. The molecule has 2 aliphatic rings. The number of cyclic esters (lactones) is 2. The van der Waals surface area contributed by atoms with Gasteiger partial charge >= 0.3 is 12.2 Å². The van der Waals surface area contributed by atoms with E-state index in [0.717, 1.165) is 11.1 Å². The van der Waals surface area contributed by atoms with Gasteiger partial charge < -0.3 is 39.0 Å². The summed E-state index contributed by atoms with van der Waals surface area (Å²) in [6.45, 7) is 7.40. The van der Waals surface area contributed by atoms with Crippen molar-refractivity contribution in [2.75, 3.05) is 36.0 Å². The molecular weight excluding hydrogens is 863 g/mol. The largest absolute Gasteiger partial charge is 0.471 e. The summed E-state index contributed by atoms with van der Waals surface area (Å²) in [5.74, 6) is 0.362. The second kappa shape index (κ2) is 22.7. The Kier molecular flexibility index (Phi) is 16.9. The smallest absolute Gasteiger partial charge is 0.414 e. The Labute approximate surface area is 378 Å². The lowest BCUT2D eigenvalue weighted by Crippen LogP contribution is -2.33. The molecule has 4 N–H and O–H groups in total. The molecule has 2 saturated heterocycles. The van der Waals surface area contributed by atoms with Crippen LogP contribution in [-0.2, 0) is 32.3 Å². The molecule has 0 radical (unpaired) electrons. The van der Waals surface area contributed by atoms with E-state index in [0.29, 0.717) is 57.6 Å². The number of aryl methyl sites for hydroxylation is 2. The van der Waals surface area contributed by atoms with Crippen molar-refractivity contribution in [2.24, 2.45) is 0 Å². The van der Waals surface area contributed by atoms with Crippen LogP contribution in [0.4, 0.5) is 29.7 Å². The van der Waals surface area contributed by atoms with Crippen LogP contribution in [0.25, 0.3) is 22.3 Å². The number of aliphatic hydroxyl groups is 1. The summed E-state index contributed by atoms with van der Waals surface area (Å²) in [6.07, 6.45) is -2.09.